The van der Waals surface area contributed by atoms with Crippen LogP contribution in [-0.2, 0) is 21.1 Å². The minimum atomic E-state index is -2.98. The number of nitrogens with one attached hydrogen (secondary N) is 2. The second kappa shape index (κ2) is 11.8. The molecule has 1 aliphatic heterocycles. The number of rotatable bonds is 8. The summed E-state index contributed by atoms with van der Waals surface area (Å²) in [5.41, 5.74) is 0. The first-order chi connectivity index (χ1) is 12.4. The van der Waals surface area contributed by atoms with E-state index in [1.807, 2.05) is 20.0 Å². The summed E-state index contributed by atoms with van der Waals surface area (Å²) in [4.78, 5) is 19.9. The van der Waals surface area contributed by atoms with Gasteiger partial charge in [-0.1, -0.05) is 6.07 Å². The Morgan fingerprint density at radius 1 is 1.44 bits per heavy atom. The van der Waals surface area contributed by atoms with Gasteiger partial charge in [0.05, 0.1) is 18.1 Å². The molecule has 2 heterocycles. The monoisotopic (exact) mass is 528 g/mol. The molecule has 7 nitrogen and oxygen atoms in total. The molecule has 1 unspecified atom stereocenters. The van der Waals surface area contributed by atoms with Gasteiger partial charge in [-0.15, -0.1) is 35.3 Å². The zero-order valence-electron chi connectivity index (χ0n) is 15.8. The zero-order valence-corrected chi connectivity index (χ0v) is 19.8. The van der Waals surface area contributed by atoms with E-state index >= 15 is 0 Å². The molecule has 1 aliphatic rings. The molecule has 2 N–H and O–H groups in total. The maximum Gasteiger partial charge on any atom is 0.222 e. The number of sulfone groups is 1. The summed E-state index contributed by atoms with van der Waals surface area (Å²) in [6, 6.07) is 3.92. The van der Waals surface area contributed by atoms with Crippen LogP contribution in [-0.4, -0.2) is 69.4 Å². The van der Waals surface area contributed by atoms with Gasteiger partial charge in [0.1, 0.15) is 0 Å². The summed E-state index contributed by atoms with van der Waals surface area (Å²) < 4.78 is 22.9. The topological polar surface area (TPSA) is 90.9 Å². The van der Waals surface area contributed by atoms with Crippen molar-refractivity contribution in [3.8, 4) is 0 Å². The van der Waals surface area contributed by atoms with Gasteiger partial charge < -0.3 is 15.5 Å². The normalized spacial score (nSPS) is 18.6. The lowest BCUT2D eigenvalue weighted by Gasteiger charge is -2.21. The molecule has 0 spiro atoms. The molecule has 1 fully saturated rings. The van der Waals surface area contributed by atoms with Crippen molar-refractivity contribution in [2.45, 2.75) is 32.2 Å². The van der Waals surface area contributed by atoms with Crippen LogP contribution in [0.4, 0.5) is 0 Å². The van der Waals surface area contributed by atoms with Gasteiger partial charge in [0.25, 0.3) is 0 Å². The summed E-state index contributed by atoms with van der Waals surface area (Å²) in [5, 5.41) is 8.10. The van der Waals surface area contributed by atoms with E-state index in [1.165, 1.54) is 4.88 Å². The highest BCUT2D eigenvalue weighted by atomic mass is 127. The smallest absolute Gasteiger partial charge is 0.222 e. The maximum atomic E-state index is 12.0. The fourth-order valence-corrected chi connectivity index (χ4v) is 5.15. The predicted molar refractivity (Wildman–Crippen MR) is 122 cm³/mol. The van der Waals surface area contributed by atoms with Crippen molar-refractivity contribution in [2.24, 2.45) is 4.99 Å². The van der Waals surface area contributed by atoms with Crippen LogP contribution >= 0.6 is 35.3 Å². The second-order valence-corrected chi connectivity index (χ2v) is 9.67. The zero-order chi connectivity index (χ0) is 19.0. The van der Waals surface area contributed by atoms with E-state index in [9.17, 15) is 13.2 Å². The number of likely N-dealkylation sites (N-methyl/N-ethyl adjacent to an activating group) is 1. The third-order valence-corrected chi connectivity index (χ3v) is 6.87. The van der Waals surface area contributed by atoms with E-state index in [0.29, 0.717) is 13.0 Å². The highest BCUT2D eigenvalue weighted by Gasteiger charge is 2.28. The number of hydrogen-bond acceptors (Lipinski definition) is 5. The molecule has 27 heavy (non-hydrogen) atoms. The quantitative estimate of drug-likeness (QED) is 0.303. The Bertz CT molecular complexity index is 708. The minimum Gasteiger partial charge on any atom is -0.357 e. The van der Waals surface area contributed by atoms with E-state index in [2.05, 4.69) is 32.0 Å². The van der Waals surface area contributed by atoms with Crippen molar-refractivity contribution in [1.82, 2.24) is 15.5 Å². The van der Waals surface area contributed by atoms with Gasteiger partial charge in [0.15, 0.2) is 15.8 Å². The Kier molecular flexibility index (Phi) is 10.6. The Balaban J connectivity index is 0.00000364. The van der Waals surface area contributed by atoms with Crippen LogP contribution in [0.5, 0.6) is 0 Å². The summed E-state index contributed by atoms with van der Waals surface area (Å²) in [6.45, 7) is 3.99. The summed E-state index contributed by atoms with van der Waals surface area (Å²) in [6.07, 6.45) is 1.71. The first-order valence-corrected chi connectivity index (χ1v) is 11.6. The summed E-state index contributed by atoms with van der Waals surface area (Å²) >= 11 is 1.74. The van der Waals surface area contributed by atoms with E-state index < -0.39 is 9.84 Å². The molecule has 1 atom stereocenters. The van der Waals surface area contributed by atoms with Crippen molar-refractivity contribution >= 4 is 57.0 Å². The molecule has 1 aromatic rings. The molecular formula is C17H29IN4O3S2. The Hall–Kier alpha value is -0.880. The average Bonchev–Trinajstić information content (AvgIpc) is 3.21. The molecule has 154 valence electrons. The number of carbonyl (C=O) groups is 1. The van der Waals surface area contributed by atoms with E-state index in [0.717, 1.165) is 25.5 Å². The van der Waals surface area contributed by atoms with Gasteiger partial charge >= 0.3 is 0 Å². The lowest BCUT2D eigenvalue weighted by Crippen LogP contribution is -2.40. The van der Waals surface area contributed by atoms with Crippen LogP contribution < -0.4 is 10.6 Å². The average molecular weight is 528 g/mol. The Morgan fingerprint density at radius 3 is 2.81 bits per heavy atom. The van der Waals surface area contributed by atoms with Crippen LogP contribution in [0.25, 0.3) is 0 Å². The lowest BCUT2D eigenvalue weighted by molar-refractivity contribution is -0.121. The fourth-order valence-electron chi connectivity index (χ4n) is 2.78. The van der Waals surface area contributed by atoms with Crippen LogP contribution in [0.2, 0.25) is 0 Å². The van der Waals surface area contributed by atoms with Crippen LogP contribution in [0.1, 0.15) is 24.6 Å². The highest BCUT2D eigenvalue weighted by Crippen LogP contribution is 2.11. The van der Waals surface area contributed by atoms with Crippen LogP contribution in [0.15, 0.2) is 22.5 Å². The number of amides is 1. The van der Waals surface area contributed by atoms with Gasteiger partial charge in [-0.25, -0.2) is 8.42 Å². The van der Waals surface area contributed by atoms with Gasteiger partial charge in [0.2, 0.25) is 5.91 Å². The molecule has 1 amide bonds. The molecule has 0 bridgehead atoms. The molecule has 0 saturated carbocycles. The number of guanidine groups is 1. The van der Waals surface area contributed by atoms with Gasteiger partial charge in [0, 0.05) is 37.5 Å². The Labute approximate surface area is 182 Å². The van der Waals surface area contributed by atoms with Crippen molar-refractivity contribution in [3.05, 3.63) is 22.4 Å². The number of halogens is 1. The number of carbonyl (C=O) groups excluding carboxylic acids is 1. The maximum absolute atomic E-state index is 12.0. The number of thiophene rings is 1. The molecule has 1 aromatic heterocycles. The van der Waals surface area contributed by atoms with Gasteiger partial charge in [-0.3, -0.25) is 9.79 Å². The third kappa shape index (κ3) is 8.77. The number of hydrogen-bond donors (Lipinski definition) is 2. The number of nitrogens with zero attached hydrogens (tertiary/aromatic N) is 2. The summed E-state index contributed by atoms with van der Waals surface area (Å²) in [5.74, 6) is 0.847. The van der Waals surface area contributed by atoms with Crippen molar-refractivity contribution in [1.29, 1.82) is 0 Å². The lowest BCUT2D eigenvalue weighted by atomic mass is 10.2. The second-order valence-electron chi connectivity index (χ2n) is 6.40. The van der Waals surface area contributed by atoms with Crippen LogP contribution in [0, 0.1) is 0 Å². The first-order valence-electron chi connectivity index (χ1n) is 8.91. The summed E-state index contributed by atoms with van der Waals surface area (Å²) in [7, 11) is -0.992. The van der Waals surface area contributed by atoms with Crippen molar-refractivity contribution in [2.75, 3.05) is 38.2 Å². The number of aliphatic imine (C=N–C) groups is 1. The van der Waals surface area contributed by atoms with Gasteiger partial charge in [-0.2, -0.15) is 0 Å². The molecule has 2 rings (SSSR count). The largest absolute Gasteiger partial charge is 0.357 e. The highest BCUT2D eigenvalue weighted by molar-refractivity contribution is 14.0. The molecule has 0 aliphatic carbocycles. The van der Waals surface area contributed by atoms with Crippen molar-refractivity contribution < 1.29 is 13.2 Å². The SMILES string of the molecule is CCNC(=NCCC(=O)NC1CCS(=O)(=O)C1)N(C)CCc1cccs1.I. The van der Waals surface area contributed by atoms with Crippen LogP contribution in [0.3, 0.4) is 0 Å². The molecule has 0 aromatic carbocycles. The fraction of sp³-hybridized carbons (Fsp3) is 0.647. The molecular weight excluding hydrogens is 499 g/mol. The van der Waals surface area contributed by atoms with Gasteiger partial charge in [-0.05, 0) is 31.2 Å². The third-order valence-electron chi connectivity index (χ3n) is 4.17. The molecule has 1 saturated heterocycles. The standard InChI is InChI=1S/C17H28N4O3S2.HI/c1-3-18-17(21(2)10-7-15-5-4-11-25-15)19-9-6-16(22)20-14-8-12-26(23,24)13-14;/h4-5,11,14H,3,6-10,12-13H2,1-2H3,(H,18,19)(H,20,22);1H. The predicted octanol–water partition coefficient (Wildman–Crippen LogP) is 1.50. The van der Waals surface area contributed by atoms with E-state index in [1.54, 1.807) is 11.3 Å². The molecule has 10 heteroatoms. The molecule has 0 radical (unpaired) electrons. The minimum absolute atomic E-state index is 0. The van der Waals surface area contributed by atoms with Crippen molar-refractivity contribution in [3.63, 3.8) is 0 Å². The van der Waals surface area contributed by atoms with E-state index in [4.69, 9.17) is 0 Å². The first kappa shape index (κ1) is 24.2. The Morgan fingerprint density at radius 2 is 2.22 bits per heavy atom. The van der Waals surface area contributed by atoms with E-state index in [-0.39, 0.29) is 53.9 Å².